The molecule has 0 radical (unpaired) electrons. The first-order valence-corrected chi connectivity index (χ1v) is 11.8. The topological polar surface area (TPSA) is 79.9 Å². The number of ether oxygens (including phenoxy) is 2. The smallest absolute Gasteiger partial charge is 0.410 e. The normalized spacial score (nSPS) is 17.9. The molecule has 0 aromatic carbocycles. The first-order valence-electron chi connectivity index (χ1n) is 11.8. The van der Waals surface area contributed by atoms with Gasteiger partial charge in [0.2, 0.25) is 0 Å². The Kier molecular flexibility index (Phi) is 10.1. The lowest BCUT2D eigenvalue weighted by atomic mass is 9.76. The molecule has 1 fully saturated rings. The fraction of sp³-hybridized carbons (Fsp3) is 0.917. The molecule has 1 atom stereocenters. The van der Waals surface area contributed by atoms with Gasteiger partial charge in [-0.05, 0) is 84.6 Å². The van der Waals surface area contributed by atoms with E-state index in [0.29, 0.717) is 18.4 Å². The second kappa shape index (κ2) is 11.4. The van der Waals surface area contributed by atoms with Gasteiger partial charge in [-0.15, -0.1) is 0 Å². The zero-order chi connectivity index (χ0) is 23.9. The highest BCUT2D eigenvalue weighted by Gasteiger charge is 2.35. The molecule has 0 aromatic heterocycles. The SMILES string of the molecule is CCC1(CNCC(CNC(=O)OC(C)(C)C)C(C)C)CCN(C(=O)OC(C)(C)C)CC1. The van der Waals surface area contributed by atoms with Crippen molar-refractivity contribution in [2.45, 2.75) is 92.8 Å². The molecule has 1 heterocycles. The molecule has 1 aliphatic heterocycles. The van der Waals surface area contributed by atoms with Crippen molar-refractivity contribution in [2.75, 3.05) is 32.7 Å². The van der Waals surface area contributed by atoms with Crippen LogP contribution in [0.3, 0.4) is 0 Å². The minimum Gasteiger partial charge on any atom is -0.444 e. The van der Waals surface area contributed by atoms with Gasteiger partial charge in [0.1, 0.15) is 11.2 Å². The third-order valence-corrected chi connectivity index (χ3v) is 5.98. The molecule has 0 aromatic rings. The van der Waals surface area contributed by atoms with Crippen LogP contribution >= 0.6 is 0 Å². The number of nitrogens with zero attached hydrogens (tertiary/aromatic N) is 1. The fourth-order valence-electron chi connectivity index (χ4n) is 3.74. The number of rotatable bonds is 8. The molecule has 7 heteroatoms. The number of piperidine rings is 1. The van der Waals surface area contributed by atoms with E-state index in [2.05, 4.69) is 31.4 Å². The standard InChI is InChI=1S/C24H47N3O4/c1-10-24(11-13-27(14-12-24)21(29)31-23(7,8)9)17-25-15-19(18(2)3)16-26-20(28)30-22(4,5)6/h18-19,25H,10-17H2,1-9H3,(H,26,28). The molecular weight excluding hydrogens is 394 g/mol. The number of nitrogens with one attached hydrogen (secondary N) is 2. The van der Waals surface area contributed by atoms with Crippen LogP contribution in [-0.4, -0.2) is 61.0 Å². The summed E-state index contributed by atoms with van der Waals surface area (Å²) >= 11 is 0. The van der Waals surface area contributed by atoms with E-state index in [0.717, 1.165) is 45.4 Å². The first kappa shape index (κ1) is 27.5. The molecular formula is C24H47N3O4. The quantitative estimate of drug-likeness (QED) is 0.565. The summed E-state index contributed by atoms with van der Waals surface area (Å²) in [4.78, 5) is 26.2. The van der Waals surface area contributed by atoms with Crippen molar-refractivity contribution < 1.29 is 19.1 Å². The monoisotopic (exact) mass is 441 g/mol. The van der Waals surface area contributed by atoms with Crippen LogP contribution < -0.4 is 10.6 Å². The largest absolute Gasteiger partial charge is 0.444 e. The van der Waals surface area contributed by atoms with Gasteiger partial charge in [-0.2, -0.15) is 0 Å². The predicted octanol–water partition coefficient (Wildman–Crippen LogP) is 4.80. The van der Waals surface area contributed by atoms with Crippen LogP contribution in [-0.2, 0) is 9.47 Å². The van der Waals surface area contributed by atoms with E-state index in [4.69, 9.17) is 9.47 Å². The summed E-state index contributed by atoms with van der Waals surface area (Å²) in [5, 5.41) is 6.57. The number of carbonyl (C=O) groups excluding carboxylic acids is 2. The molecule has 0 spiro atoms. The van der Waals surface area contributed by atoms with Crippen LogP contribution in [0.5, 0.6) is 0 Å². The van der Waals surface area contributed by atoms with Gasteiger partial charge in [0.05, 0.1) is 0 Å². The second-order valence-electron chi connectivity index (χ2n) is 11.3. The van der Waals surface area contributed by atoms with E-state index in [1.54, 1.807) is 0 Å². The Bertz CT molecular complexity index is 570. The van der Waals surface area contributed by atoms with Gasteiger partial charge < -0.3 is 25.0 Å². The van der Waals surface area contributed by atoms with E-state index in [1.807, 2.05) is 46.4 Å². The average molecular weight is 442 g/mol. The molecule has 0 bridgehead atoms. The summed E-state index contributed by atoms with van der Waals surface area (Å²) in [6.45, 7) is 21.7. The Labute approximate surface area is 190 Å². The predicted molar refractivity (Wildman–Crippen MR) is 125 cm³/mol. The number of likely N-dealkylation sites (tertiary alicyclic amines) is 1. The second-order valence-corrected chi connectivity index (χ2v) is 11.3. The highest BCUT2D eigenvalue weighted by molar-refractivity contribution is 5.68. The lowest BCUT2D eigenvalue weighted by Crippen LogP contribution is -2.49. The first-order chi connectivity index (χ1) is 14.2. The minimum absolute atomic E-state index is 0.193. The zero-order valence-electron chi connectivity index (χ0n) is 21.4. The van der Waals surface area contributed by atoms with Crippen LogP contribution in [0.25, 0.3) is 0 Å². The molecule has 0 saturated carbocycles. The lowest BCUT2D eigenvalue weighted by molar-refractivity contribution is 0.00923. The van der Waals surface area contributed by atoms with Crippen molar-refractivity contribution in [3.8, 4) is 0 Å². The van der Waals surface area contributed by atoms with E-state index in [9.17, 15) is 9.59 Å². The Morgan fingerprint density at radius 2 is 1.52 bits per heavy atom. The van der Waals surface area contributed by atoms with Crippen LogP contribution in [0.15, 0.2) is 0 Å². The van der Waals surface area contributed by atoms with Gasteiger partial charge in [0.25, 0.3) is 0 Å². The van der Waals surface area contributed by atoms with Crippen molar-refractivity contribution in [3.63, 3.8) is 0 Å². The number of carbonyl (C=O) groups is 2. The molecule has 1 rings (SSSR count). The highest BCUT2D eigenvalue weighted by Crippen LogP contribution is 2.34. The maximum atomic E-state index is 12.3. The van der Waals surface area contributed by atoms with Gasteiger partial charge in [-0.3, -0.25) is 0 Å². The van der Waals surface area contributed by atoms with Gasteiger partial charge in [-0.1, -0.05) is 20.8 Å². The Morgan fingerprint density at radius 1 is 0.968 bits per heavy atom. The Balaban J connectivity index is 2.50. The molecule has 2 amide bonds. The summed E-state index contributed by atoms with van der Waals surface area (Å²) < 4.78 is 10.9. The third-order valence-electron chi connectivity index (χ3n) is 5.98. The molecule has 1 saturated heterocycles. The minimum atomic E-state index is -0.489. The summed E-state index contributed by atoms with van der Waals surface area (Å²) in [5.41, 5.74) is -0.757. The molecule has 182 valence electrons. The van der Waals surface area contributed by atoms with Gasteiger partial charge in [0.15, 0.2) is 0 Å². The molecule has 1 unspecified atom stereocenters. The van der Waals surface area contributed by atoms with E-state index in [1.165, 1.54) is 0 Å². The van der Waals surface area contributed by atoms with Gasteiger partial charge >= 0.3 is 12.2 Å². The number of hydrogen-bond acceptors (Lipinski definition) is 5. The summed E-state index contributed by atoms with van der Waals surface area (Å²) in [7, 11) is 0. The molecule has 1 aliphatic rings. The Hall–Kier alpha value is -1.50. The number of amides is 2. The van der Waals surface area contributed by atoms with Gasteiger partial charge in [0, 0.05) is 26.2 Å². The van der Waals surface area contributed by atoms with E-state index < -0.39 is 11.2 Å². The van der Waals surface area contributed by atoms with Gasteiger partial charge in [-0.25, -0.2) is 9.59 Å². The molecule has 31 heavy (non-hydrogen) atoms. The summed E-state index contributed by atoms with van der Waals surface area (Å²) in [6, 6.07) is 0. The molecule has 2 N–H and O–H groups in total. The maximum absolute atomic E-state index is 12.3. The van der Waals surface area contributed by atoms with Crippen LogP contribution in [0.2, 0.25) is 0 Å². The van der Waals surface area contributed by atoms with Crippen LogP contribution in [0, 0.1) is 17.3 Å². The maximum Gasteiger partial charge on any atom is 0.410 e. The zero-order valence-corrected chi connectivity index (χ0v) is 21.4. The van der Waals surface area contributed by atoms with Crippen LogP contribution in [0.4, 0.5) is 9.59 Å². The van der Waals surface area contributed by atoms with Crippen LogP contribution in [0.1, 0.15) is 81.6 Å². The lowest BCUT2D eigenvalue weighted by Gasteiger charge is -2.42. The van der Waals surface area contributed by atoms with E-state index in [-0.39, 0.29) is 17.6 Å². The van der Waals surface area contributed by atoms with E-state index >= 15 is 0 Å². The van der Waals surface area contributed by atoms with Crippen molar-refractivity contribution in [2.24, 2.45) is 17.3 Å². The highest BCUT2D eigenvalue weighted by atomic mass is 16.6. The number of hydrogen-bond donors (Lipinski definition) is 2. The van der Waals surface area contributed by atoms with Crippen molar-refractivity contribution in [1.82, 2.24) is 15.5 Å². The van der Waals surface area contributed by atoms with Crippen molar-refractivity contribution in [1.29, 1.82) is 0 Å². The van der Waals surface area contributed by atoms with Crippen molar-refractivity contribution >= 4 is 12.2 Å². The third kappa shape index (κ3) is 10.6. The molecule has 7 nitrogen and oxygen atoms in total. The number of alkyl carbamates (subject to hydrolysis) is 1. The van der Waals surface area contributed by atoms with Crippen molar-refractivity contribution in [3.05, 3.63) is 0 Å². The summed E-state index contributed by atoms with van der Waals surface area (Å²) in [6.07, 6.45) is 2.44. The fourth-order valence-corrected chi connectivity index (χ4v) is 3.74. The average Bonchev–Trinajstić information content (AvgIpc) is 2.61. The summed E-state index contributed by atoms with van der Waals surface area (Å²) in [5.74, 6) is 0.761. The molecule has 0 aliphatic carbocycles. The Morgan fingerprint density at radius 3 is 1.97 bits per heavy atom.